The molecular weight excluding hydrogens is 354 g/mol. The summed E-state index contributed by atoms with van der Waals surface area (Å²) in [7, 11) is 1.66. The van der Waals surface area contributed by atoms with Gasteiger partial charge in [-0.15, -0.1) is 0 Å². The van der Waals surface area contributed by atoms with E-state index in [-0.39, 0.29) is 12.2 Å². The Morgan fingerprint density at radius 1 is 1.11 bits per heavy atom. The standard InChI is InChI=1S/C23H29NO4/c1-26-19-6-4-7-20(13-19)28-21-11-12-24(15-21)14-18(25)16-27-23-10-9-17-5-2-3-8-22(17)23/h2-8,13,18,21,23,25H,9-12,14-16H2,1H3/t18?,21-,23+/m0/s1. The predicted molar refractivity (Wildman–Crippen MR) is 108 cm³/mol. The number of nitrogens with zero attached hydrogens (tertiary/aromatic N) is 1. The molecule has 1 fully saturated rings. The predicted octanol–water partition coefficient (Wildman–Crippen LogP) is 3.21. The summed E-state index contributed by atoms with van der Waals surface area (Å²) in [4.78, 5) is 2.25. The van der Waals surface area contributed by atoms with Crippen LogP contribution in [0.4, 0.5) is 0 Å². The van der Waals surface area contributed by atoms with E-state index in [0.29, 0.717) is 13.2 Å². The van der Waals surface area contributed by atoms with Crippen LogP contribution in [0.2, 0.25) is 0 Å². The average molecular weight is 383 g/mol. The van der Waals surface area contributed by atoms with Crippen LogP contribution in [0.1, 0.15) is 30.1 Å². The van der Waals surface area contributed by atoms with Crippen LogP contribution in [0, 0.1) is 0 Å². The van der Waals surface area contributed by atoms with Crippen molar-refractivity contribution in [3.8, 4) is 11.5 Å². The minimum atomic E-state index is -0.483. The molecule has 28 heavy (non-hydrogen) atoms. The molecule has 5 nitrogen and oxygen atoms in total. The Hall–Kier alpha value is -2.08. The fraction of sp³-hybridized carbons (Fsp3) is 0.478. The Bertz CT molecular complexity index is 781. The van der Waals surface area contributed by atoms with E-state index in [1.807, 2.05) is 24.3 Å². The maximum atomic E-state index is 10.4. The lowest BCUT2D eigenvalue weighted by Crippen LogP contribution is -2.35. The molecule has 4 rings (SSSR count). The Labute approximate surface area is 166 Å². The monoisotopic (exact) mass is 383 g/mol. The summed E-state index contributed by atoms with van der Waals surface area (Å²) >= 11 is 0. The zero-order valence-corrected chi connectivity index (χ0v) is 16.4. The van der Waals surface area contributed by atoms with Gasteiger partial charge in [0, 0.05) is 25.7 Å². The first kappa shape index (κ1) is 19.2. The van der Waals surface area contributed by atoms with Crippen LogP contribution in [-0.2, 0) is 11.2 Å². The molecule has 0 saturated carbocycles. The van der Waals surface area contributed by atoms with Crippen molar-refractivity contribution >= 4 is 0 Å². The van der Waals surface area contributed by atoms with E-state index in [2.05, 4.69) is 29.2 Å². The van der Waals surface area contributed by atoms with Gasteiger partial charge in [-0.2, -0.15) is 0 Å². The summed E-state index contributed by atoms with van der Waals surface area (Å²) in [5, 5.41) is 10.4. The lowest BCUT2D eigenvalue weighted by molar-refractivity contribution is -0.0200. The molecule has 1 unspecified atom stereocenters. The van der Waals surface area contributed by atoms with Crippen molar-refractivity contribution in [2.24, 2.45) is 0 Å². The van der Waals surface area contributed by atoms with E-state index >= 15 is 0 Å². The van der Waals surface area contributed by atoms with Crippen LogP contribution >= 0.6 is 0 Å². The van der Waals surface area contributed by atoms with Crippen molar-refractivity contribution in [1.82, 2.24) is 4.90 Å². The molecule has 0 bridgehead atoms. The second kappa shape index (κ2) is 8.95. The van der Waals surface area contributed by atoms with E-state index in [0.717, 1.165) is 43.9 Å². The quantitative estimate of drug-likeness (QED) is 0.759. The topological polar surface area (TPSA) is 51.2 Å². The first-order valence-corrected chi connectivity index (χ1v) is 10.1. The Morgan fingerprint density at radius 2 is 1.96 bits per heavy atom. The highest BCUT2D eigenvalue weighted by molar-refractivity contribution is 5.34. The summed E-state index contributed by atoms with van der Waals surface area (Å²) in [5.41, 5.74) is 2.65. The van der Waals surface area contributed by atoms with Gasteiger partial charge >= 0.3 is 0 Å². The zero-order chi connectivity index (χ0) is 19.3. The molecule has 1 aliphatic heterocycles. The van der Waals surface area contributed by atoms with Crippen molar-refractivity contribution in [2.45, 2.75) is 37.6 Å². The van der Waals surface area contributed by atoms with Crippen LogP contribution < -0.4 is 9.47 Å². The molecule has 2 aliphatic rings. The Balaban J connectivity index is 1.21. The van der Waals surface area contributed by atoms with Gasteiger partial charge in [-0.25, -0.2) is 0 Å². The van der Waals surface area contributed by atoms with Gasteiger partial charge in [0.05, 0.1) is 25.9 Å². The normalized spacial score (nSPS) is 22.8. The van der Waals surface area contributed by atoms with Gasteiger partial charge in [0.1, 0.15) is 17.6 Å². The number of likely N-dealkylation sites (tertiary alicyclic amines) is 1. The van der Waals surface area contributed by atoms with Gasteiger partial charge in [0.25, 0.3) is 0 Å². The van der Waals surface area contributed by atoms with E-state index in [1.165, 1.54) is 11.1 Å². The SMILES string of the molecule is COc1cccc(O[C@H]2CCN(CC(O)CO[C@@H]3CCc4ccccc43)C2)c1. The number of fused-ring (bicyclic) bond motifs is 1. The third-order valence-electron chi connectivity index (χ3n) is 5.61. The summed E-state index contributed by atoms with van der Waals surface area (Å²) in [6.07, 6.45) is 2.80. The number of hydrogen-bond donors (Lipinski definition) is 1. The summed E-state index contributed by atoms with van der Waals surface area (Å²) in [6.45, 7) is 2.74. The lowest BCUT2D eigenvalue weighted by atomic mass is 10.1. The van der Waals surface area contributed by atoms with Crippen molar-refractivity contribution in [3.05, 3.63) is 59.7 Å². The van der Waals surface area contributed by atoms with Gasteiger partial charge in [-0.1, -0.05) is 30.3 Å². The maximum absolute atomic E-state index is 10.4. The van der Waals surface area contributed by atoms with E-state index < -0.39 is 6.10 Å². The van der Waals surface area contributed by atoms with Crippen molar-refractivity contribution < 1.29 is 19.3 Å². The van der Waals surface area contributed by atoms with Crippen LogP contribution in [-0.4, -0.2) is 55.6 Å². The summed E-state index contributed by atoms with van der Waals surface area (Å²) in [6, 6.07) is 16.1. The molecule has 0 amide bonds. The molecule has 0 spiro atoms. The molecule has 1 heterocycles. The number of aliphatic hydroxyl groups is 1. The van der Waals surface area contributed by atoms with Gasteiger partial charge in [-0.05, 0) is 42.5 Å². The van der Waals surface area contributed by atoms with Crippen LogP contribution in [0.5, 0.6) is 11.5 Å². The molecule has 2 aromatic rings. The minimum absolute atomic E-state index is 0.119. The van der Waals surface area contributed by atoms with Crippen molar-refractivity contribution in [2.75, 3.05) is 33.4 Å². The fourth-order valence-corrected chi connectivity index (χ4v) is 4.20. The second-order valence-corrected chi connectivity index (χ2v) is 7.68. The van der Waals surface area contributed by atoms with Crippen LogP contribution in [0.15, 0.2) is 48.5 Å². The molecule has 2 aromatic carbocycles. The highest BCUT2D eigenvalue weighted by atomic mass is 16.5. The van der Waals surface area contributed by atoms with E-state index in [9.17, 15) is 5.11 Å². The lowest BCUT2D eigenvalue weighted by Gasteiger charge is -2.22. The van der Waals surface area contributed by atoms with Crippen molar-refractivity contribution in [3.63, 3.8) is 0 Å². The van der Waals surface area contributed by atoms with Gasteiger partial charge in [-0.3, -0.25) is 4.90 Å². The maximum Gasteiger partial charge on any atom is 0.123 e. The summed E-state index contributed by atoms with van der Waals surface area (Å²) < 4.78 is 17.3. The number of aliphatic hydroxyl groups excluding tert-OH is 1. The molecule has 3 atom stereocenters. The number of ether oxygens (including phenoxy) is 3. The van der Waals surface area contributed by atoms with Crippen LogP contribution in [0.3, 0.4) is 0 Å². The third kappa shape index (κ3) is 4.66. The highest BCUT2D eigenvalue weighted by Crippen LogP contribution is 2.33. The molecule has 150 valence electrons. The highest BCUT2D eigenvalue weighted by Gasteiger charge is 2.27. The number of benzene rings is 2. The Morgan fingerprint density at radius 3 is 2.86 bits per heavy atom. The first-order valence-electron chi connectivity index (χ1n) is 10.1. The molecule has 5 heteroatoms. The average Bonchev–Trinajstić information content (AvgIpc) is 3.33. The molecular formula is C23H29NO4. The number of rotatable bonds is 8. The molecule has 0 aromatic heterocycles. The Kier molecular flexibility index (Phi) is 6.15. The van der Waals surface area contributed by atoms with E-state index in [4.69, 9.17) is 14.2 Å². The molecule has 1 saturated heterocycles. The molecule has 1 N–H and O–H groups in total. The largest absolute Gasteiger partial charge is 0.497 e. The van der Waals surface area contributed by atoms with Gasteiger partial charge in [0.15, 0.2) is 0 Å². The third-order valence-corrected chi connectivity index (χ3v) is 5.61. The molecule has 1 aliphatic carbocycles. The van der Waals surface area contributed by atoms with Gasteiger partial charge in [0.2, 0.25) is 0 Å². The van der Waals surface area contributed by atoms with E-state index in [1.54, 1.807) is 7.11 Å². The fourth-order valence-electron chi connectivity index (χ4n) is 4.20. The number of methoxy groups -OCH3 is 1. The first-order chi connectivity index (χ1) is 13.7. The minimum Gasteiger partial charge on any atom is -0.497 e. The van der Waals surface area contributed by atoms with Crippen LogP contribution in [0.25, 0.3) is 0 Å². The number of β-amino-alcohol motifs (C(OH)–C–C–N with tert-alkyl or cyclic N) is 1. The smallest absolute Gasteiger partial charge is 0.123 e. The zero-order valence-electron chi connectivity index (χ0n) is 16.4. The van der Waals surface area contributed by atoms with Gasteiger partial charge < -0.3 is 19.3 Å². The molecule has 0 radical (unpaired) electrons. The number of aryl methyl sites for hydroxylation is 1. The summed E-state index contributed by atoms with van der Waals surface area (Å²) in [5.74, 6) is 1.63. The van der Waals surface area contributed by atoms with Crippen molar-refractivity contribution in [1.29, 1.82) is 0 Å². The second-order valence-electron chi connectivity index (χ2n) is 7.68. The number of hydrogen-bond acceptors (Lipinski definition) is 5.